The van der Waals surface area contributed by atoms with Gasteiger partial charge >= 0.3 is 0 Å². The molecule has 0 unspecified atom stereocenters. The maximum atomic E-state index is 12.7. The first kappa shape index (κ1) is 13.8. The Morgan fingerprint density at radius 2 is 1.78 bits per heavy atom. The van der Waals surface area contributed by atoms with Crippen molar-refractivity contribution in [2.75, 3.05) is 6.26 Å². The fraction of sp³-hybridized carbons (Fsp3) is 0.0625. The Bertz CT molecular complexity index is 1120. The van der Waals surface area contributed by atoms with E-state index in [2.05, 4.69) is 9.97 Å². The van der Waals surface area contributed by atoms with E-state index in [0.717, 1.165) is 12.3 Å². The van der Waals surface area contributed by atoms with E-state index in [9.17, 15) is 18.3 Å². The fourth-order valence-electron chi connectivity index (χ4n) is 2.94. The number of fused-ring (bicyclic) bond motifs is 2. The molecule has 114 valence electrons. The van der Waals surface area contributed by atoms with E-state index in [1.54, 1.807) is 24.3 Å². The summed E-state index contributed by atoms with van der Waals surface area (Å²) in [4.78, 5) is 20.8. The second-order valence-electron chi connectivity index (χ2n) is 5.36. The van der Waals surface area contributed by atoms with E-state index in [1.165, 1.54) is 6.33 Å². The zero-order valence-electron chi connectivity index (χ0n) is 11.9. The fourth-order valence-corrected chi connectivity index (χ4v) is 3.77. The minimum atomic E-state index is -3.63. The van der Waals surface area contributed by atoms with Gasteiger partial charge in [-0.25, -0.2) is 18.4 Å². The van der Waals surface area contributed by atoms with E-state index < -0.39 is 9.84 Å². The molecule has 0 aliphatic heterocycles. The molecule has 0 saturated carbocycles. The quantitative estimate of drug-likeness (QED) is 0.574. The van der Waals surface area contributed by atoms with Crippen LogP contribution in [0, 0.1) is 0 Å². The van der Waals surface area contributed by atoms with Crippen LogP contribution >= 0.6 is 0 Å². The van der Waals surface area contributed by atoms with Crippen molar-refractivity contribution in [1.82, 2.24) is 9.97 Å². The van der Waals surface area contributed by atoms with Crippen molar-refractivity contribution in [2.45, 2.75) is 4.90 Å². The van der Waals surface area contributed by atoms with Crippen molar-refractivity contribution in [3.63, 3.8) is 0 Å². The molecule has 6 nitrogen and oxygen atoms in total. The van der Waals surface area contributed by atoms with Crippen molar-refractivity contribution >= 4 is 26.5 Å². The molecule has 1 heterocycles. The van der Waals surface area contributed by atoms with Gasteiger partial charge in [0.05, 0.1) is 21.7 Å². The number of sulfone groups is 1. The molecule has 3 aromatic rings. The van der Waals surface area contributed by atoms with E-state index in [-0.39, 0.29) is 32.9 Å². The normalized spacial score (nSPS) is 13.2. The Labute approximate surface area is 131 Å². The highest BCUT2D eigenvalue weighted by atomic mass is 32.2. The predicted octanol–water partition coefficient (Wildman–Crippen LogP) is 1.95. The Hall–Kier alpha value is -2.80. The second kappa shape index (κ2) is 4.36. The second-order valence-corrected chi connectivity index (χ2v) is 7.35. The lowest BCUT2D eigenvalue weighted by Gasteiger charge is -2.20. The number of rotatable bonds is 1. The number of hydrogen-bond donors (Lipinski definition) is 1. The van der Waals surface area contributed by atoms with Gasteiger partial charge in [-0.1, -0.05) is 24.3 Å². The summed E-state index contributed by atoms with van der Waals surface area (Å²) in [6.45, 7) is 0. The maximum absolute atomic E-state index is 12.7. The number of ketones is 1. The number of aromatic hydroxyl groups is 1. The summed E-state index contributed by atoms with van der Waals surface area (Å²) in [6, 6.07) is 7.96. The number of nitrogens with zero attached hydrogens (tertiary/aromatic N) is 2. The monoisotopic (exact) mass is 326 g/mol. The van der Waals surface area contributed by atoms with Gasteiger partial charge in [0.15, 0.2) is 15.6 Å². The number of carbonyl (C=O) groups excluding carboxylic acids is 1. The summed E-state index contributed by atoms with van der Waals surface area (Å²) in [6.07, 6.45) is 2.30. The standard InChI is InChI=1S/C16H10N2O4S/c1-23(21,22)11-6-10(19)12-13-14(17-7-18-15(11)13)8-4-2-3-5-9(8)16(12)20/h2-7,19H,1H3. The number of phenolic OH excluding ortho intramolecular Hbond substituents is 1. The Morgan fingerprint density at radius 3 is 2.48 bits per heavy atom. The average molecular weight is 326 g/mol. The Balaban J connectivity index is 2.30. The summed E-state index contributed by atoms with van der Waals surface area (Å²) in [7, 11) is -3.63. The molecule has 4 rings (SSSR count). The minimum Gasteiger partial charge on any atom is -0.507 e. The lowest BCUT2D eigenvalue weighted by atomic mass is 9.86. The van der Waals surface area contributed by atoms with Gasteiger partial charge in [0, 0.05) is 28.8 Å². The van der Waals surface area contributed by atoms with Crippen LogP contribution in [-0.2, 0) is 9.84 Å². The summed E-state index contributed by atoms with van der Waals surface area (Å²) in [5.74, 6) is -0.751. The smallest absolute Gasteiger partial charge is 0.198 e. The third-order valence-electron chi connectivity index (χ3n) is 3.91. The Morgan fingerprint density at radius 1 is 1.09 bits per heavy atom. The van der Waals surface area contributed by atoms with Gasteiger partial charge in [-0.3, -0.25) is 4.79 Å². The van der Waals surface area contributed by atoms with E-state index in [1.807, 2.05) is 0 Å². The SMILES string of the molecule is CS(=O)(=O)c1cc(O)c2c3c(ncnc13)-c1ccccc1C2=O. The summed E-state index contributed by atoms with van der Waals surface area (Å²) < 4.78 is 24.0. The minimum absolute atomic E-state index is 0.0432. The van der Waals surface area contributed by atoms with E-state index >= 15 is 0 Å². The van der Waals surface area contributed by atoms with E-state index in [0.29, 0.717) is 16.8 Å². The van der Waals surface area contributed by atoms with Gasteiger partial charge in [-0.05, 0) is 0 Å². The number of aromatic nitrogens is 2. The van der Waals surface area contributed by atoms with Crippen LogP contribution in [0.3, 0.4) is 0 Å². The molecule has 0 bridgehead atoms. The number of benzene rings is 2. The molecule has 1 aliphatic carbocycles. The molecule has 0 atom stereocenters. The van der Waals surface area contributed by atoms with Crippen LogP contribution in [0.1, 0.15) is 15.9 Å². The molecule has 0 saturated heterocycles. The number of phenols is 1. The van der Waals surface area contributed by atoms with Gasteiger partial charge in [-0.2, -0.15) is 0 Å². The highest BCUT2D eigenvalue weighted by Gasteiger charge is 2.31. The maximum Gasteiger partial charge on any atom is 0.198 e. The molecule has 23 heavy (non-hydrogen) atoms. The molecule has 0 fully saturated rings. The largest absolute Gasteiger partial charge is 0.507 e. The number of hydrogen-bond acceptors (Lipinski definition) is 6. The first-order valence-corrected chi connectivity index (χ1v) is 8.63. The molecule has 0 radical (unpaired) electrons. The lowest BCUT2D eigenvalue weighted by Crippen LogP contribution is -2.13. The van der Waals surface area contributed by atoms with Crippen molar-refractivity contribution in [3.05, 3.63) is 47.8 Å². The predicted molar refractivity (Wildman–Crippen MR) is 83.2 cm³/mol. The first-order valence-electron chi connectivity index (χ1n) is 6.74. The first-order chi connectivity index (χ1) is 10.9. The third-order valence-corrected chi connectivity index (χ3v) is 5.02. The molecular formula is C16H10N2O4S. The molecular weight excluding hydrogens is 316 g/mol. The van der Waals surface area contributed by atoms with Crippen LogP contribution < -0.4 is 0 Å². The summed E-state index contributed by atoms with van der Waals surface area (Å²) in [5, 5.41) is 10.5. The molecule has 0 spiro atoms. The van der Waals surface area contributed by atoms with Gasteiger partial charge in [0.25, 0.3) is 0 Å². The molecule has 1 N–H and O–H groups in total. The van der Waals surface area contributed by atoms with Crippen molar-refractivity contribution in [3.8, 4) is 17.0 Å². The Kier molecular flexibility index (Phi) is 2.62. The molecule has 0 amide bonds. The number of carbonyl (C=O) groups is 1. The summed E-state index contributed by atoms with van der Waals surface area (Å²) >= 11 is 0. The van der Waals surface area contributed by atoms with Crippen LogP contribution in [0.15, 0.2) is 41.6 Å². The van der Waals surface area contributed by atoms with Crippen LogP contribution in [0.25, 0.3) is 22.2 Å². The van der Waals surface area contributed by atoms with Crippen molar-refractivity contribution in [2.24, 2.45) is 0 Å². The zero-order chi connectivity index (χ0) is 16.4. The molecule has 1 aliphatic rings. The van der Waals surface area contributed by atoms with Crippen LogP contribution in [0.4, 0.5) is 0 Å². The summed E-state index contributed by atoms with van der Waals surface area (Å²) in [5.41, 5.74) is 1.65. The zero-order valence-corrected chi connectivity index (χ0v) is 12.8. The van der Waals surface area contributed by atoms with Crippen LogP contribution in [-0.4, -0.2) is 35.5 Å². The third kappa shape index (κ3) is 1.80. The highest BCUT2D eigenvalue weighted by molar-refractivity contribution is 7.91. The highest BCUT2D eigenvalue weighted by Crippen LogP contribution is 2.42. The average Bonchev–Trinajstić information content (AvgIpc) is 2.52. The molecule has 7 heteroatoms. The van der Waals surface area contributed by atoms with Crippen molar-refractivity contribution < 1.29 is 18.3 Å². The lowest BCUT2D eigenvalue weighted by molar-refractivity contribution is 0.103. The molecule has 1 aromatic heterocycles. The van der Waals surface area contributed by atoms with Gasteiger partial charge in [0.1, 0.15) is 12.1 Å². The van der Waals surface area contributed by atoms with Gasteiger partial charge < -0.3 is 5.11 Å². The van der Waals surface area contributed by atoms with E-state index in [4.69, 9.17) is 0 Å². The van der Waals surface area contributed by atoms with Crippen molar-refractivity contribution in [1.29, 1.82) is 0 Å². The van der Waals surface area contributed by atoms with Gasteiger partial charge in [-0.15, -0.1) is 0 Å². The van der Waals surface area contributed by atoms with Gasteiger partial charge in [0.2, 0.25) is 0 Å². The van der Waals surface area contributed by atoms with Crippen LogP contribution in [0.5, 0.6) is 5.75 Å². The molecule has 2 aromatic carbocycles. The van der Waals surface area contributed by atoms with Crippen LogP contribution in [0.2, 0.25) is 0 Å². The topological polar surface area (TPSA) is 97.2 Å².